The number of rotatable bonds is 7. The van der Waals surface area contributed by atoms with Gasteiger partial charge in [0.25, 0.3) is 5.91 Å². The molecular formula is C23H23NO4. The second-order valence-electron chi connectivity index (χ2n) is 6.40. The zero-order chi connectivity index (χ0) is 19.9. The summed E-state index contributed by atoms with van der Waals surface area (Å²) in [6.07, 6.45) is 0. The van der Waals surface area contributed by atoms with Crippen molar-refractivity contribution in [3.05, 3.63) is 77.9 Å². The standard InChI is InChI=1S/C23H23NO4/c1-3-27-23(26)20-10-6-7-11-21(20)28-15-22(25)24-16(2)18-13-12-17-8-4-5-9-19(17)14-18/h4-14,16H,3,15H2,1-2H3,(H,24,25)/t16-/m1/s1. The molecule has 28 heavy (non-hydrogen) atoms. The normalized spacial score (nSPS) is 11.6. The number of fused-ring (bicyclic) bond motifs is 1. The highest BCUT2D eigenvalue weighted by molar-refractivity contribution is 5.92. The van der Waals surface area contributed by atoms with Gasteiger partial charge >= 0.3 is 5.97 Å². The van der Waals surface area contributed by atoms with E-state index in [0.717, 1.165) is 16.3 Å². The van der Waals surface area contributed by atoms with Crippen molar-refractivity contribution < 1.29 is 19.1 Å². The Balaban J connectivity index is 1.62. The Labute approximate surface area is 164 Å². The second kappa shape index (κ2) is 9.04. The Kier molecular flexibility index (Phi) is 6.27. The summed E-state index contributed by atoms with van der Waals surface area (Å²) >= 11 is 0. The average molecular weight is 377 g/mol. The molecule has 0 heterocycles. The predicted octanol–water partition coefficient (Wildman–Crippen LogP) is 4.27. The number of carbonyl (C=O) groups is 2. The molecule has 0 spiro atoms. The topological polar surface area (TPSA) is 64.6 Å². The molecule has 5 nitrogen and oxygen atoms in total. The Bertz CT molecular complexity index is 983. The lowest BCUT2D eigenvalue weighted by atomic mass is 10.0. The third-order valence-corrected chi connectivity index (χ3v) is 4.39. The molecule has 3 rings (SSSR count). The van der Waals surface area contributed by atoms with Gasteiger partial charge in [0.15, 0.2) is 6.61 Å². The van der Waals surface area contributed by atoms with Crippen LogP contribution in [0.15, 0.2) is 66.7 Å². The minimum absolute atomic E-state index is 0.166. The molecule has 0 aromatic heterocycles. The fourth-order valence-corrected chi connectivity index (χ4v) is 2.96. The molecule has 0 saturated carbocycles. The molecule has 144 valence electrons. The van der Waals surface area contributed by atoms with Crippen LogP contribution in [-0.4, -0.2) is 25.1 Å². The fourth-order valence-electron chi connectivity index (χ4n) is 2.96. The summed E-state index contributed by atoms with van der Waals surface area (Å²) in [4.78, 5) is 24.3. The van der Waals surface area contributed by atoms with Gasteiger partial charge in [-0.3, -0.25) is 4.79 Å². The van der Waals surface area contributed by atoms with Gasteiger partial charge in [0.1, 0.15) is 11.3 Å². The van der Waals surface area contributed by atoms with E-state index in [1.165, 1.54) is 0 Å². The Morgan fingerprint density at radius 3 is 2.46 bits per heavy atom. The number of carbonyl (C=O) groups excluding carboxylic acids is 2. The van der Waals surface area contributed by atoms with Crippen LogP contribution >= 0.6 is 0 Å². The molecule has 0 aliphatic heterocycles. The molecule has 0 saturated heterocycles. The first-order valence-corrected chi connectivity index (χ1v) is 9.25. The Morgan fingerprint density at radius 2 is 1.68 bits per heavy atom. The highest BCUT2D eigenvalue weighted by Crippen LogP contribution is 2.21. The van der Waals surface area contributed by atoms with Crippen molar-refractivity contribution in [1.29, 1.82) is 0 Å². The molecule has 5 heteroatoms. The molecule has 1 atom stereocenters. The molecule has 0 unspecified atom stereocenters. The Morgan fingerprint density at radius 1 is 0.964 bits per heavy atom. The van der Waals surface area contributed by atoms with Gasteiger partial charge in [-0.1, -0.05) is 48.5 Å². The molecule has 0 radical (unpaired) electrons. The van der Waals surface area contributed by atoms with Crippen molar-refractivity contribution in [2.75, 3.05) is 13.2 Å². The number of esters is 1. The second-order valence-corrected chi connectivity index (χ2v) is 6.40. The smallest absolute Gasteiger partial charge is 0.341 e. The summed E-state index contributed by atoms with van der Waals surface area (Å²) < 4.78 is 10.6. The predicted molar refractivity (Wildman–Crippen MR) is 108 cm³/mol. The number of hydrogen-bond acceptors (Lipinski definition) is 4. The van der Waals surface area contributed by atoms with E-state index < -0.39 is 5.97 Å². The molecule has 0 fully saturated rings. The van der Waals surface area contributed by atoms with Gasteiger partial charge in [0, 0.05) is 0 Å². The summed E-state index contributed by atoms with van der Waals surface area (Å²) in [6, 6.07) is 20.8. The zero-order valence-electron chi connectivity index (χ0n) is 16.0. The highest BCUT2D eigenvalue weighted by Gasteiger charge is 2.15. The molecule has 3 aromatic rings. The third-order valence-electron chi connectivity index (χ3n) is 4.39. The van der Waals surface area contributed by atoms with Gasteiger partial charge in [0.2, 0.25) is 0 Å². The van der Waals surface area contributed by atoms with Crippen LogP contribution in [0.2, 0.25) is 0 Å². The van der Waals surface area contributed by atoms with Crippen LogP contribution in [0.5, 0.6) is 5.75 Å². The van der Waals surface area contributed by atoms with Crippen molar-refractivity contribution >= 4 is 22.6 Å². The van der Waals surface area contributed by atoms with E-state index in [1.54, 1.807) is 31.2 Å². The lowest BCUT2D eigenvalue weighted by Crippen LogP contribution is -2.31. The molecular weight excluding hydrogens is 354 g/mol. The number of para-hydroxylation sites is 1. The van der Waals surface area contributed by atoms with Crippen LogP contribution < -0.4 is 10.1 Å². The van der Waals surface area contributed by atoms with Crippen molar-refractivity contribution in [3.8, 4) is 5.75 Å². The third kappa shape index (κ3) is 4.68. The zero-order valence-corrected chi connectivity index (χ0v) is 16.0. The summed E-state index contributed by atoms with van der Waals surface area (Å²) in [7, 11) is 0. The van der Waals surface area contributed by atoms with Gasteiger partial charge < -0.3 is 14.8 Å². The molecule has 0 aliphatic rings. The van der Waals surface area contributed by atoms with E-state index in [9.17, 15) is 9.59 Å². The van der Waals surface area contributed by atoms with E-state index in [-0.39, 0.29) is 25.2 Å². The van der Waals surface area contributed by atoms with Gasteiger partial charge in [-0.25, -0.2) is 4.79 Å². The molecule has 0 bridgehead atoms. The molecule has 3 aromatic carbocycles. The summed E-state index contributed by atoms with van der Waals surface area (Å²) in [6.45, 7) is 3.75. The maximum atomic E-state index is 12.3. The first-order chi connectivity index (χ1) is 13.6. The minimum Gasteiger partial charge on any atom is -0.483 e. The van der Waals surface area contributed by atoms with Crippen molar-refractivity contribution in [1.82, 2.24) is 5.32 Å². The van der Waals surface area contributed by atoms with Crippen LogP contribution in [0.1, 0.15) is 35.8 Å². The van der Waals surface area contributed by atoms with E-state index >= 15 is 0 Å². The van der Waals surface area contributed by atoms with Gasteiger partial charge in [-0.05, 0) is 48.4 Å². The van der Waals surface area contributed by atoms with Crippen molar-refractivity contribution in [2.24, 2.45) is 0 Å². The first-order valence-electron chi connectivity index (χ1n) is 9.25. The number of amides is 1. The monoisotopic (exact) mass is 377 g/mol. The van der Waals surface area contributed by atoms with Crippen LogP contribution in [0.25, 0.3) is 10.8 Å². The van der Waals surface area contributed by atoms with E-state index in [1.807, 2.05) is 37.3 Å². The van der Waals surface area contributed by atoms with Crippen LogP contribution in [0.4, 0.5) is 0 Å². The summed E-state index contributed by atoms with van der Waals surface area (Å²) in [5, 5.41) is 5.21. The molecule has 1 amide bonds. The first kappa shape index (κ1) is 19.4. The van der Waals surface area contributed by atoms with Gasteiger partial charge in [-0.15, -0.1) is 0 Å². The summed E-state index contributed by atoms with van der Waals surface area (Å²) in [5.41, 5.74) is 1.32. The van der Waals surface area contributed by atoms with Crippen LogP contribution in [0, 0.1) is 0 Å². The van der Waals surface area contributed by atoms with E-state index in [2.05, 4.69) is 17.4 Å². The minimum atomic E-state index is -0.469. The average Bonchev–Trinajstić information content (AvgIpc) is 2.72. The van der Waals surface area contributed by atoms with Gasteiger partial charge in [-0.2, -0.15) is 0 Å². The van der Waals surface area contributed by atoms with E-state index in [0.29, 0.717) is 11.3 Å². The fraction of sp³-hybridized carbons (Fsp3) is 0.217. The lowest BCUT2D eigenvalue weighted by Gasteiger charge is -2.16. The Hall–Kier alpha value is -3.34. The van der Waals surface area contributed by atoms with Crippen LogP contribution in [-0.2, 0) is 9.53 Å². The number of nitrogens with one attached hydrogen (secondary N) is 1. The molecule has 0 aliphatic carbocycles. The van der Waals surface area contributed by atoms with Crippen molar-refractivity contribution in [3.63, 3.8) is 0 Å². The maximum Gasteiger partial charge on any atom is 0.341 e. The number of hydrogen-bond donors (Lipinski definition) is 1. The van der Waals surface area contributed by atoms with Crippen molar-refractivity contribution in [2.45, 2.75) is 19.9 Å². The molecule has 1 N–H and O–H groups in total. The quantitative estimate of drug-likeness (QED) is 0.625. The van der Waals surface area contributed by atoms with Gasteiger partial charge in [0.05, 0.1) is 12.6 Å². The highest BCUT2D eigenvalue weighted by atomic mass is 16.5. The SMILES string of the molecule is CCOC(=O)c1ccccc1OCC(=O)N[C@H](C)c1ccc2ccccc2c1. The number of ether oxygens (including phenoxy) is 2. The van der Waals surface area contributed by atoms with Crippen LogP contribution in [0.3, 0.4) is 0 Å². The maximum absolute atomic E-state index is 12.3. The summed E-state index contributed by atoms with van der Waals surface area (Å²) in [5.74, 6) is -0.406. The largest absolute Gasteiger partial charge is 0.483 e. The lowest BCUT2D eigenvalue weighted by molar-refractivity contribution is -0.123. The van der Waals surface area contributed by atoms with E-state index in [4.69, 9.17) is 9.47 Å². The number of benzene rings is 3.